The van der Waals surface area contributed by atoms with Crippen molar-refractivity contribution >= 4 is 22.8 Å². The van der Waals surface area contributed by atoms with Crippen molar-refractivity contribution in [2.24, 2.45) is 5.92 Å². The SMILES string of the molecule is Cc1ccc(Cc2nc(N3CCN(C(=O)C4CCCCC4)CC3)c3cnn(-c4ccccc4)c3n2)cc1. The number of hydrogen-bond acceptors (Lipinski definition) is 5. The molecule has 7 nitrogen and oxygen atoms in total. The molecule has 1 amide bonds. The van der Waals surface area contributed by atoms with E-state index in [1.165, 1.54) is 30.4 Å². The highest BCUT2D eigenvalue weighted by Gasteiger charge is 2.30. The van der Waals surface area contributed by atoms with Crippen molar-refractivity contribution < 1.29 is 4.79 Å². The van der Waals surface area contributed by atoms with Crippen LogP contribution in [0.3, 0.4) is 0 Å². The average molecular weight is 495 g/mol. The maximum atomic E-state index is 13.1. The maximum absolute atomic E-state index is 13.1. The summed E-state index contributed by atoms with van der Waals surface area (Å²) in [5, 5.41) is 5.66. The van der Waals surface area contributed by atoms with Crippen molar-refractivity contribution in [2.45, 2.75) is 45.4 Å². The van der Waals surface area contributed by atoms with Gasteiger partial charge < -0.3 is 9.80 Å². The third-order valence-corrected chi connectivity index (χ3v) is 7.78. The first-order valence-corrected chi connectivity index (χ1v) is 13.5. The normalized spacial score (nSPS) is 16.9. The second-order valence-electron chi connectivity index (χ2n) is 10.4. The molecule has 0 atom stereocenters. The minimum absolute atomic E-state index is 0.219. The number of piperazine rings is 1. The Hall–Kier alpha value is -3.74. The summed E-state index contributed by atoms with van der Waals surface area (Å²) in [7, 11) is 0. The van der Waals surface area contributed by atoms with Gasteiger partial charge in [0.1, 0.15) is 11.6 Å². The van der Waals surface area contributed by atoms with Crippen molar-refractivity contribution in [3.8, 4) is 5.69 Å². The fraction of sp³-hybridized carbons (Fsp3) is 0.400. The molecule has 4 aromatic rings. The molecule has 2 aliphatic rings. The molecule has 1 aliphatic heterocycles. The van der Waals surface area contributed by atoms with Crippen LogP contribution >= 0.6 is 0 Å². The highest BCUT2D eigenvalue weighted by atomic mass is 16.2. The molecule has 2 aromatic heterocycles. The Labute approximate surface area is 218 Å². The molecule has 0 bridgehead atoms. The average Bonchev–Trinajstić information content (AvgIpc) is 3.38. The number of anilines is 1. The summed E-state index contributed by atoms with van der Waals surface area (Å²) in [6.45, 7) is 5.11. The molecule has 0 unspecified atom stereocenters. The molecule has 7 heteroatoms. The van der Waals surface area contributed by atoms with Gasteiger partial charge >= 0.3 is 0 Å². The van der Waals surface area contributed by atoms with Gasteiger partial charge in [-0.3, -0.25) is 4.79 Å². The highest BCUT2D eigenvalue weighted by Crippen LogP contribution is 2.29. The standard InChI is InChI=1S/C30H34N6O/c1-22-12-14-23(15-13-22)20-27-32-28(26-21-31-36(29(26)33-27)25-10-6-3-7-11-25)34-16-18-35(19-17-34)30(37)24-8-4-2-5-9-24/h3,6-7,10-15,21,24H,2,4-5,8-9,16-20H2,1H3. The molecule has 190 valence electrons. The third kappa shape index (κ3) is 4.95. The third-order valence-electron chi connectivity index (χ3n) is 7.78. The molecule has 0 radical (unpaired) electrons. The monoisotopic (exact) mass is 494 g/mol. The second-order valence-corrected chi connectivity index (χ2v) is 10.4. The van der Waals surface area contributed by atoms with Gasteiger partial charge in [-0.05, 0) is 37.5 Å². The fourth-order valence-corrected chi connectivity index (χ4v) is 5.65. The van der Waals surface area contributed by atoms with Gasteiger partial charge in [0.05, 0.1) is 17.3 Å². The van der Waals surface area contributed by atoms with Crippen LogP contribution in [0, 0.1) is 12.8 Å². The lowest BCUT2D eigenvalue weighted by Crippen LogP contribution is -2.51. The minimum Gasteiger partial charge on any atom is -0.352 e. The Bertz CT molecular complexity index is 1370. The molecule has 0 spiro atoms. The van der Waals surface area contributed by atoms with Crippen molar-refractivity contribution in [3.63, 3.8) is 0 Å². The summed E-state index contributed by atoms with van der Waals surface area (Å²) in [5.41, 5.74) is 4.22. The summed E-state index contributed by atoms with van der Waals surface area (Å²) >= 11 is 0. The molecule has 1 saturated heterocycles. The predicted octanol–water partition coefficient (Wildman–Crippen LogP) is 4.94. The van der Waals surface area contributed by atoms with E-state index >= 15 is 0 Å². The lowest BCUT2D eigenvalue weighted by Gasteiger charge is -2.37. The molecule has 37 heavy (non-hydrogen) atoms. The summed E-state index contributed by atoms with van der Waals surface area (Å²) in [6.07, 6.45) is 8.27. The quantitative estimate of drug-likeness (QED) is 0.393. The van der Waals surface area contributed by atoms with Crippen LogP contribution in [0.15, 0.2) is 60.8 Å². The number of fused-ring (bicyclic) bond motifs is 1. The number of benzene rings is 2. The van der Waals surface area contributed by atoms with Gasteiger partial charge in [-0.15, -0.1) is 0 Å². The van der Waals surface area contributed by atoms with Crippen LogP contribution in [-0.4, -0.2) is 56.7 Å². The number of rotatable bonds is 5. The van der Waals surface area contributed by atoms with Crippen LogP contribution in [0.2, 0.25) is 0 Å². The predicted molar refractivity (Wildman–Crippen MR) is 146 cm³/mol. The summed E-state index contributed by atoms with van der Waals surface area (Å²) in [5.74, 6) is 2.27. The molecule has 0 N–H and O–H groups in total. The number of aryl methyl sites for hydroxylation is 1. The highest BCUT2D eigenvalue weighted by molar-refractivity contribution is 5.88. The number of carbonyl (C=O) groups is 1. The van der Waals surface area contributed by atoms with Gasteiger partial charge in [-0.2, -0.15) is 5.10 Å². The van der Waals surface area contributed by atoms with Crippen LogP contribution < -0.4 is 4.90 Å². The number of carbonyl (C=O) groups excluding carboxylic acids is 1. The lowest BCUT2D eigenvalue weighted by molar-refractivity contribution is -0.136. The number of para-hydroxylation sites is 1. The topological polar surface area (TPSA) is 67.2 Å². The van der Waals surface area contributed by atoms with Gasteiger partial charge in [-0.25, -0.2) is 14.6 Å². The Balaban J connectivity index is 1.30. The Morgan fingerprint density at radius 1 is 0.892 bits per heavy atom. The van der Waals surface area contributed by atoms with Crippen molar-refractivity contribution in [2.75, 3.05) is 31.1 Å². The van der Waals surface area contributed by atoms with Gasteiger partial charge in [0.25, 0.3) is 0 Å². The van der Waals surface area contributed by atoms with E-state index in [1.807, 2.05) is 41.2 Å². The molecule has 3 heterocycles. The summed E-state index contributed by atoms with van der Waals surface area (Å²) in [6, 6.07) is 18.7. The van der Waals surface area contributed by atoms with E-state index in [1.54, 1.807) is 0 Å². The molecule has 1 saturated carbocycles. The molecule has 1 aliphatic carbocycles. The van der Waals surface area contributed by atoms with Crippen LogP contribution in [-0.2, 0) is 11.2 Å². The van der Waals surface area contributed by atoms with Crippen LogP contribution in [0.4, 0.5) is 5.82 Å². The van der Waals surface area contributed by atoms with E-state index < -0.39 is 0 Å². The Morgan fingerprint density at radius 2 is 1.62 bits per heavy atom. The Kier molecular flexibility index (Phi) is 6.60. The van der Waals surface area contributed by atoms with E-state index in [0.29, 0.717) is 12.3 Å². The zero-order valence-corrected chi connectivity index (χ0v) is 21.5. The van der Waals surface area contributed by atoms with E-state index in [9.17, 15) is 4.79 Å². The van der Waals surface area contributed by atoms with Gasteiger partial charge in [0.2, 0.25) is 5.91 Å². The van der Waals surface area contributed by atoms with Crippen LogP contribution in [0.5, 0.6) is 0 Å². The van der Waals surface area contributed by atoms with Gasteiger partial charge in [0, 0.05) is 38.5 Å². The number of hydrogen-bond donors (Lipinski definition) is 0. The first-order chi connectivity index (χ1) is 18.2. The molecular formula is C30H34N6O. The van der Waals surface area contributed by atoms with Crippen LogP contribution in [0.1, 0.15) is 49.1 Å². The maximum Gasteiger partial charge on any atom is 0.225 e. The fourth-order valence-electron chi connectivity index (χ4n) is 5.65. The first-order valence-electron chi connectivity index (χ1n) is 13.5. The van der Waals surface area contributed by atoms with E-state index in [0.717, 1.165) is 67.4 Å². The zero-order valence-electron chi connectivity index (χ0n) is 21.5. The van der Waals surface area contributed by atoms with Crippen molar-refractivity contribution in [1.82, 2.24) is 24.6 Å². The lowest BCUT2D eigenvalue weighted by atomic mass is 9.88. The molecule has 2 fully saturated rings. The molecule has 2 aromatic carbocycles. The molecule has 6 rings (SSSR count). The van der Waals surface area contributed by atoms with E-state index in [-0.39, 0.29) is 5.92 Å². The van der Waals surface area contributed by atoms with Gasteiger partial charge in [0.15, 0.2) is 5.65 Å². The first kappa shape index (κ1) is 23.6. The smallest absolute Gasteiger partial charge is 0.225 e. The van der Waals surface area contributed by atoms with Crippen LogP contribution in [0.25, 0.3) is 16.7 Å². The number of amides is 1. The minimum atomic E-state index is 0.219. The van der Waals surface area contributed by atoms with Crippen molar-refractivity contribution in [1.29, 1.82) is 0 Å². The van der Waals surface area contributed by atoms with Crippen molar-refractivity contribution in [3.05, 3.63) is 77.7 Å². The zero-order chi connectivity index (χ0) is 25.2. The number of nitrogens with zero attached hydrogens (tertiary/aromatic N) is 6. The summed E-state index contributed by atoms with van der Waals surface area (Å²) < 4.78 is 1.90. The molecular weight excluding hydrogens is 460 g/mol. The second kappa shape index (κ2) is 10.3. The Morgan fingerprint density at radius 3 is 2.35 bits per heavy atom. The van der Waals surface area contributed by atoms with Gasteiger partial charge in [-0.1, -0.05) is 67.3 Å². The largest absolute Gasteiger partial charge is 0.352 e. The van der Waals surface area contributed by atoms with E-state index in [4.69, 9.17) is 15.1 Å². The van der Waals surface area contributed by atoms with E-state index in [2.05, 4.69) is 41.0 Å². The summed E-state index contributed by atoms with van der Waals surface area (Å²) in [4.78, 5) is 27.6. The number of aromatic nitrogens is 4.